The van der Waals surface area contributed by atoms with Crippen molar-refractivity contribution in [2.24, 2.45) is 0 Å². The van der Waals surface area contributed by atoms with Crippen LogP contribution in [0.25, 0.3) is 0 Å². The molecule has 7 heteroatoms. The maximum Gasteiger partial charge on any atom is 0.322 e. The maximum absolute atomic E-state index is 9.94. The molecular formula is C13H14Cl2N2O3+2. The molecule has 1 aliphatic carbocycles. The van der Waals surface area contributed by atoms with E-state index >= 15 is 0 Å². The molecule has 0 saturated heterocycles. The molecule has 0 saturated carbocycles. The highest BCUT2D eigenvalue weighted by atomic mass is 35.5. The summed E-state index contributed by atoms with van der Waals surface area (Å²) in [7, 11) is 1.46. The molecule has 4 N–H and O–H groups in total. The standard InChI is InChI=1S/C13H12Cl2N2O3/c1-20-17(11-4-2-3-5-13(11)18)12-7-9(15)8(14)6-10(12)16-19/h2-3,5-7,16,19H,4H2,1H3/p+2/b17-11-. The Hall–Kier alpha value is -1.53. The van der Waals surface area contributed by atoms with Gasteiger partial charge in [0.25, 0.3) is 5.71 Å². The molecule has 106 valence electrons. The Morgan fingerprint density at radius 1 is 1.30 bits per heavy atom. The summed E-state index contributed by atoms with van der Waals surface area (Å²) in [6.45, 7) is 0. The van der Waals surface area contributed by atoms with E-state index in [1.807, 2.05) is 6.08 Å². The Labute approximate surface area is 125 Å². The molecule has 1 aromatic carbocycles. The van der Waals surface area contributed by atoms with Gasteiger partial charge >= 0.3 is 5.69 Å². The van der Waals surface area contributed by atoms with Crippen LogP contribution in [0.3, 0.4) is 0 Å². The molecule has 2 rings (SSSR count). The second kappa shape index (κ2) is 6.28. The van der Waals surface area contributed by atoms with E-state index < -0.39 is 0 Å². The van der Waals surface area contributed by atoms with E-state index in [0.717, 1.165) is 5.48 Å². The van der Waals surface area contributed by atoms with Gasteiger partial charge in [-0.1, -0.05) is 35.4 Å². The fraction of sp³-hybridized carbons (Fsp3) is 0.154. The van der Waals surface area contributed by atoms with Crippen molar-refractivity contribution in [2.75, 3.05) is 7.11 Å². The Bertz CT molecular complexity index is 624. The van der Waals surface area contributed by atoms with Crippen LogP contribution in [0.2, 0.25) is 10.0 Å². The van der Waals surface area contributed by atoms with Gasteiger partial charge in [0.15, 0.2) is 5.76 Å². The van der Waals surface area contributed by atoms with Crippen molar-refractivity contribution in [3.8, 4) is 0 Å². The highest BCUT2D eigenvalue weighted by Crippen LogP contribution is 2.32. The Balaban J connectivity index is 2.64. The zero-order valence-corrected chi connectivity index (χ0v) is 12.2. The first-order valence-corrected chi connectivity index (χ1v) is 6.56. The van der Waals surface area contributed by atoms with Crippen LogP contribution in [0.4, 0.5) is 11.4 Å². The maximum atomic E-state index is 9.94. The molecule has 0 radical (unpaired) electrons. The minimum absolute atomic E-state index is 0.0873. The molecule has 0 unspecified atom stereocenters. The zero-order chi connectivity index (χ0) is 14.7. The van der Waals surface area contributed by atoms with Crippen molar-refractivity contribution in [3.05, 3.63) is 46.2 Å². The fourth-order valence-corrected chi connectivity index (χ4v) is 2.24. The summed E-state index contributed by atoms with van der Waals surface area (Å²) in [6, 6.07) is 3.08. The van der Waals surface area contributed by atoms with Crippen LogP contribution < -0.4 is 5.48 Å². The van der Waals surface area contributed by atoms with Crippen LogP contribution in [-0.4, -0.2) is 27.9 Å². The SMILES string of the molecule is CO/[N+](=C1/CC=CC=C1O)c1cc(Cl)c(Cl)cc1[NH2+]O. The Kier molecular flexibility index (Phi) is 4.67. The summed E-state index contributed by atoms with van der Waals surface area (Å²) in [4.78, 5) is 5.31. The van der Waals surface area contributed by atoms with Gasteiger partial charge in [-0.15, -0.1) is 0 Å². The number of aliphatic hydroxyl groups is 1. The molecule has 0 atom stereocenters. The first-order valence-electron chi connectivity index (χ1n) is 5.81. The average Bonchev–Trinajstić information content (AvgIpc) is 2.45. The second-order valence-corrected chi connectivity index (χ2v) is 4.88. The third kappa shape index (κ3) is 2.81. The predicted molar refractivity (Wildman–Crippen MR) is 76.2 cm³/mol. The number of halogens is 2. The van der Waals surface area contributed by atoms with Crippen molar-refractivity contribution >= 4 is 40.3 Å². The molecule has 0 amide bonds. The van der Waals surface area contributed by atoms with E-state index in [9.17, 15) is 10.3 Å². The minimum atomic E-state index is 0.0873. The normalized spacial score (nSPS) is 16.9. The monoisotopic (exact) mass is 316 g/mol. The van der Waals surface area contributed by atoms with Gasteiger partial charge in [-0.2, -0.15) is 5.48 Å². The van der Waals surface area contributed by atoms with E-state index in [4.69, 9.17) is 28.0 Å². The molecule has 1 aromatic rings. The molecule has 0 fully saturated rings. The quantitative estimate of drug-likeness (QED) is 0.456. The van der Waals surface area contributed by atoms with Crippen molar-refractivity contribution in [1.29, 1.82) is 0 Å². The van der Waals surface area contributed by atoms with Crippen LogP contribution in [0.1, 0.15) is 6.42 Å². The van der Waals surface area contributed by atoms with Gasteiger partial charge in [0.2, 0.25) is 5.69 Å². The van der Waals surface area contributed by atoms with Gasteiger partial charge in [-0.25, -0.2) is 5.21 Å². The van der Waals surface area contributed by atoms with Crippen molar-refractivity contribution in [1.82, 2.24) is 0 Å². The number of nitrogens with zero attached hydrogens (tertiary/aromatic N) is 1. The number of hydrogen-bond acceptors (Lipinski definition) is 3. The van der Waals surface area contributed by atoms with Crippen LogP contribution in [0.5, 0.6) is 0 Å². The summed E-state index contributed by atoms with van der Waals surface area (Å²) in [5, 5.41) is 19.9. The molecule has 5 nitrogen and oxygen atoms in total. The van der Waals surface area contributed by atoms with Gasteiger partial charge in [0.1, 0.15) is 7.11 Å². The molecule has 0 spiro atoms. The molecular weight excluding hydrogens is 303 g/mol. The average molecular weight is 317 g/mol. The molecule has 0 aromatic heterocycles. The molecule has 0 heterocycles. The molecule has 20 heavy (non-hydrogen) atoms. The zero-order valence-electron chi connectivity index (χ0n) is 10.7. The third-order valence-electron chi connectivity index (χ3n) is 2.85. The first-order chi connectivity index (χ1) is 9.58. The van der Waals surface area contributed by atoms with Crippen LogP contribution >= 0.6 is 23.2 Å². The Morgan fingerprint density at radius 2 is 2.00 bits per heavy atom. The predicted octanol–water partition coefficient (Wildman–Crippen LogP) is 2.63. The number of aliphatic hydroxyl groups excluding tert-OH is 1. The van der Waals surface area contributed by atoms with Crippen LogP contribution in [-0.2, 0) is 4.84 Å². The van der Waals surface area contributed by atoms with Crippen molar-refractivity contribution in [2.45, 2.75) is 6.42 Å². The van der Waals surface area contributed by atoms with Gasteiger partial charge in [0, 0.05) is 16.9 Å². The molecule has 1 aliphatic rings. The third-order valence-corrected chi connectivity index (χ3v) is 3.57. The molecule has 0 aliphatic heterocycles. The van der Waals surface area contributed by atoms with E-state index in [1.54, 1.807) is 18.2 Å². The van der Waals surface area contributed by atoms with Crippen molar-refractivity contribution in [3.63, 3.8) is 0 Å². The minimum Gasteiger partial charge on any atom is -0.502 e. The topological polar surface area (TPSA) is 69.3 Å². The number of hydrogen-bond donors (Lipinski definition) is 3. The number of allylic oxidation sites excluding steroid dienone is 4. The lowest BCUT2D eigenvalue weighted by atomic mass is 10.1. The lowest BCUT2D eigenvalue weighted by Gasteiger charge is -2.08. The number of nitrogens with two attached hydrogens (primary N) is 1. The summed E-state index contributed by atoms with van der Waals surface area (Å²) >= 11 is 11.9. The number of benzene rings is 1. The van der Waals surface area contributed by atoms with Gasteiger partial charge in [0.05, 0.1) is 16.5 Å². The van der Waals surface area contributed by atoms with E-state index in [2.05, 4.69) is 0 Å². The first kappa shape index (κ1) is 14.9. The lowest BCUT2D eigenvalue weighted by Crippen LogP contribution is -2.74. The smallest absolute Gasteiger partial charge is 0.322 e. The van der Waals surface area contributed by atoms with Crippen molar-refractivity contribution < 1.29 is 25.4 Å². The lowest BCUT2D eigenvalue weighted by molar-refractivity contribution is -0.830. The summed E-state index contributed by atoms with van der Waals surface area (Å²) < 4.78 is 1.40. The largest absolute Gasteiger partial charge is 0.502 e. The van der Waals surface area contributed by atoms with E-state index in [-0.39, 0.29) is 5.76 Å². The summed E-state index contributed by atoms with van der Waals surface area (Å²) in [5.74, 6) is 0.0873. The van der Waals surface area contributed by atoms with E-state index in [0.29, 0.717) is 33.6 Å². The van der Waals surface area contributed by atoms with Gasteiger partial charge < -0.3 is 5.11 Å². The highest BCUT2D eigenvalue weighted by Gasteiger charge is 2.29. The highest BCUT2D eigenvalue weighted by molar-refractivity contribution is 6.42. The summed E-state index contributed by atoms with van der Waals surface area (Å²) in [5.41, 5.74) is 2.35. The Morgan fingerprint density at radius 3 is 2.60 bits per heavy atom. The van der Waals surface area contributed by atoms with Gasteiger partial charge in [-0.3, -0.25) is 4.84 Å². The molecule has 0 bridgehead atoms. The fourth-order valence-electron chi connectivity index (χ4n) is 1.91. The second-order valence-electron chi connectivity index (χ2n) is 4.06. The van der Waals surface area contributed by atoms with Crippen LogP contribution in [0.15, 0.2) is 36.1 Å². The summed E-state index contributed by atoms with van der Waals surface area (Å²) in [6.07, 6.45) is 5.67. The van der Waals surface area contributed by atoms with E-state index in [1.165, 1.54) is 17.9 Å². The van der Waals surface area contributed by atoms with Gasteiger partial charge in [-0.05, 0) is 6.08 Å². The van der Waals surface area contributed by atoms with Crippen LogP contribution in [0, 0.1) is 0 Å². The number of quaternary nitrogens is 1. The number of rotatable bonds is 3.